The highest BCUT2D eigenvalue weighted by atomic mass is 32.2. The van der Waals surface area contributed by atoms with Crippen LogP contribution in [0.5, 0.6) is 0 Å². The highest BCUT2D eigenvalue weighted by Crippen LogP contribution is 2.21. The maximum absolute atomic E-state index is 12.3. The number of rotatable bonds is 5. The third kappa shape index (κ3) is 3.88. The molecule has 6 heteroatoms. The fraction of sp³-hybridized carbons (Fsp3) is 0.833. The van der Waals surface area contributed by atoms with Gasteiger partial charge in [0.15, 0.2) is 0 Å². The van der Waals surface area contributed by atoms with Crippen LogP contribution in [0.4, 0.5) is 0 Å². The first-order valence-electron chi connectivity index (χ1n) is 6.33. The van der Waals surface area contributed by atoms with Crippen LogP contribution in [-0.4, -0.2) is 52.0 Å². The standard InChI is InChI=1S/C12H22N2O3S/c1-3-8(2)11(13)12(17)14-4-5-18-7-9(14)6-10(15)16/h8-9,11H,3-7,13H2,1-2H3,(H,15,16). The van der Waals surface area contributed by atoms with Crippen molar-refractivity contribution in [3.63, 3.8) is 0 Å². The monoisotopic (exact) mass is 274 g/mol. The zero-order chi connectivity index (χ0) is 13.7. The molecule has 0 radical (unpaired) electrons. The van der Waals surface area contributed by atoms with Crippen molar-refractivity contribution in [3.05, 3.63) is 0 Å². The molecule has 1 aliphatic heterocycles. The van der Waals surface area contributed by atoms with E-state index < -0.39 is 12.0 Å². The molecule has 0 aliphatic carbocycles. The van der Waals surface area contributed by atoms with Crippen LogP contribution in [0, 0.1) is 5.92 Å². The van der Waals surface area contributed by atoms with Crippen LogP contribution in [0.1, 0.15) is 26.7 Å². The second-order valence-corrected chi connectivity index (χ2v) is 5.92. The number of hydrogen-bond donors (Lipinski definition) is 2. The minimum Gasteiger partial charge on any atom is -0.481 e. The van der Waals surface area contributed by atoms with E-state index >= 15 is 0 Å². The van der Waals surface area contributed by atoms with Crippen molar-refractivity contribution in [2.24, 2.45) is 11.7 Å². The summed E-state index contributed by atoms with van der Waals surface area (Å²) < 4.78 is 0. The molecular weight excluding hydrogens is 252 g/mol. The number of carboxylic acid groups (broad SMARTS) is 1. The van der Waals surface area contributed by atoms with Crippen LogP contribution >= 0.6 is 11.8 Å². The Balaban J connectivity index is 2.70. The minimum atomic E-state index is -0.864. The topological polar surface area (TPSA) is 83.6 Å². The first kappa shape index (κ1) is 15.3. The Morgan fingerprint density at radius 2 is 2.22 bits per heavy atom. The molecule has 0 saturated carbocycles. The lowest BCUT2D eigenvalue weighted by Gasteiger charge is -2.37. The fourth-order valence-corrected chi connectivity index (χ4v) is 3.07. The molecule has 0 aromatic carbocycles. The van der Waals surface area contributed by atoms with Crippen LogP contribution in [0.25, 0.3) is 0 Å². The van der Waals surface area contributed by atoms with Crippen molar-refractivity contribution in [3.8, 4) is 0 Å². The maximum Gasteiger partial charge on any atom is 0.305 e. The van der Waals surface area contributed by atoms with Gasteiger partial charge in [-0.1, -0.05) is 20.3 Å². The summed E-state index contributed by atoms with van der Waals surface area (Å²) >= 11 is 1.69. The molecule has 0 aromatic rings. The van der Waals surface area contributed by atoms with Gasteiger partial charge in [-0.25, -0.2) is 0 Å². The van der Waals surface area contributed by atoms with E-state index in [1.807, 2.05) is 13.8 Å². The average Bonchev–Trinajstić information content (AvgIpc) is 2.36. The van der Waals surface area contributed by atoms with E-state index in [4.69, 9.17) is 10.8 Å². The zero-order valence-corrected chi connectivity index (χ0v) is 11.8. The van der Waals surface area contributed by atoms with Crippen molar-refractivity contribution in [2.45, 2.75) is 38.8 Å². The molecule has 18 heavy (non-hydrogen) atoms. The smallest absolute Gasteiger partial charge is 0.305 e. The van der Waals surface area contributed by atoms with Crippen molar-refractivity contribution in [1.82, 2.24) is 4.90 Å². The summed E-state index contributed by atoms with van der Waals surface area (Å²) in [6.45, 7) is 4.55. The molecule has 104 valence electrons. The van der Waals surface area contributed by atoms with E-state index in [1.165, 1.54) is 0 Å². The molecule has 1 fully saturated rings. The molecule has 1 saturated heterocycles. The predicted octanol–water partition coefficient (Wildman–Crippen LogP) is 0.778. The largest absolute Gasteiger partial charge is 0.481 e. The third-order valence-electron chi connectivity index (χ3n) is 3.46. The lowest BCUT2D eigenvalue weighted by atomic mass is 9.98. The van der Waals surface area contributed by atoms with E-state index in [2.05, 4.69) is 0 Å². The number of hydrogen-bond acceptors (Lipinski definition) is 4. The number of carbonyl (C=O) groups is 2. The van der Waals surface area contributed by atoms with Crippen molar-refractivity contribution in [2.75, 3.05) is 18.1 Å². The van der Waals surface area contributed by atoms with Gasteiger partial charge in [-0.15, -0.1) is 0 Å². The van der Waals surface area contributed by atoms with Crippen molar-refractivity contribution < 1.29 is 14.7 Å². The van der Waals surface area contributed by atoms with Gasteiger partial charge in [0.25, 0.3) is 0 Å². The zero-order valence-electron chi connectivity index (χ0n) is 11.0. The maximum atomic E-state index is 12.3. The minimum absolute atomic E-state index is 0.00592. The normalized spacial score (nSPS) is 23.5. The van der Waals surface area contributed by atoms with E-state index in [0.29, 0.717) is 12.3 Å². The number of amides is 1. The van der Waals surface area contributed by atoms with Gasteiger partial charge < -0.3 is 15.7 Å². The number of aliphatic carboxylic acids is 1. The summed E-state index contributed by atoms with van der Waals surface area (Å²) in [7, 11) is 0. The lowest BCUT2D eigenvalue weighted by molar-refractivity contribution is -0.141. The number of nitrogens with two attached hydrogens (primary N) is 1. The van der Waals surface area contributed by atoms with E-state index in [9.17, 15) is 9.59 Å². The number of carbonyl (C=O) groups excluding carboxylic acids is 1. The predicted molar refractivity (Wildman–Crippen MR) is 72.5 cm³/mol. The molecule has 3 atom stereocenters. The summed E-state index contributed by atoms with van der Waals surface area (Å²) in [5.74, 6) is 0.700. The van der Waals surface area contributed by atoms with Gasteiger partial charge in [-0.2, -0.15) is 11.8 Å². The number of carboxylic acids is 1. The molecule has 1 aliphatic rings. The summed E-state index contributed by atoms with van der Waals surface area (Å²) in [6, 6.07) is -0.738. The van der Waals surface area contributed by atoms with Gasteiger partial charge in [0.2, 0.25) is 5.91 Å². The summed E-state index contributed by atoms with van der Waals surface area (Å²) in [5, 5.41) is 8.88. The fourth-order valence-electron chi connectivity index (χ4n) is 2.00. The highest BCUT2D eigenvalue weighted by molar-refractivity contribution is 7.99. The Labute approximate surface area is 112 Å². The van der Waals surface area contributed by atoms with Crippen LogP contribution in [0.2, 0.25) is 0 Å². The van der Waals surface area contributed by atoms with Gasteiger partial charge in [0.05, 0.1) is 18.5 Å². The molecular formula is C12H22N2O3S. The van der Waals surface area contributed by atoms with Crippen molar-refractivity contribution >= 4 is 23.6 Å². The molecule has 1 amide bonds. The van der Waals surface area contributed by atoms with Crippen LogP contribution in [0.15, 0.2) is 0 Å². The summed E-state index contributed by atoms with van der Waals surface area (Å²) in [5.41, 5.74) is 5.95. The summed E-state index contributed by atoms with van der Waals surface area (Å²) in [6.07, 6.45) is 0.852. The third-order valence-corrected chi connectivity index (χ3v) is 4.55. The number of thioether (sulfide) groups is 1. The Hall–Kier alpha value is -0.750. The van der Waals surface area contributed by atoms with E-state index in [0.717, 1.165) is 12.2 Å². The average molecular weight is 274 g/mol. The van der Waals surface area contributed by atoms with Crippen LogP contribution in [0.3, 0.4) is 0 Å². The first-order chi connectivity index (χ1) is 8.47. The quantitative estimate of drug-likeness (QED) is 0.774. The van der Waals surface area contributed by atoms with Gasteiger partial charge >= 0.3 is 5.97 Å². The highest BCUT2D eigenvalue weighted by Gasteiger charge is 2.33. The molecule has 3 unspecified atom stereocenters. The number of nitrogens with zero attached hydrogens (tertiary/aromatic N) is 1. The SMILES string of the molecule is CCC(C)C(N)C(=O)N1CCSCC1CC(=O)O. The molecule has 1 heterocycles. The van der Waals surface area contributed by atoms with Crippen LogP contribution in [-0.2, 0) is 9.59 Å². The second-order valence-electron chi connectivity index (χ2n) is 4.77. The first-order valence-corrected chi connectivity index (χ1v) is 7.48. The van der Waals surface area contributed by atoms with Gasteiger partial charge in [-0.3, -0.25) is 9.59 Å². The molecule has 0 spiro atoms. The van der Waals surface area contributed by atoms with Gasteiger partial charge in [0, 0.05) is 18.1 Å². The Morgan fingerprint density at radius 1 is 1.56 bits per heavy atom. The van der Waals surface area contributed by atoms with Gasteiger partial charge in [0.1, 0.15) is 0 Å². The molecule has 1 rings (SSSR count). The van der Waals surface area contributed by atoms with E-state index in [-0.39, 0.29) is 24.3 Å². The molecule has 0 aromatic heterocycles. The Morgan fingerprint density at radius 3 is 2.78 bits per heavy atom. The summed E-state index contributed by atoms with van der Waals surface area (Å²) in [4.78, 5) is 24.8. The van der Waals surface area contributed by atoms with Gasteiger partial charge in [-0.05, 0) is 5.92 Å². The second kappa shape index (κ2) is 6.99. The molecule has 0 bridgehead atoms. The lowest BCUT2D eigenvalue weighted by Crippen LogP contribution is -2.54. The Bertz CT molecular complexity index is 312. The molecule has 3 N–H and O–H groups in total. The van der Waals surface area contributed by atoms with Crippen LogP contribution < -0.4 is 5.73 Å². The van der Waals surface area contributed by atoms with E-state index in [1.54, 1.807) is 16.7 Å². The van der Waals surface area contributed by atoms with Crippen molar-refractivity contribution in [1.29, 1.82) is 0 Å². The Kier molecular flexibility index (Phi) is 5.95. The molecule has 5 nitrogen and oxygen atoms in total.